The van der Waals surface area contributed by atoms with Gasteiger partial charge in [-0.05, 0) is 52.2 Å². The largest absolute Gasteiger partial charge is 0.496 e. The number of anilines is 1. The molecule has 0 saturated carbocycles. The highest BCUT2D eigenvalue weighted by atomic mass is 79.9. The molecule has 0 fully saturated rings. The summed E-state index contributed by atoms with van der Waals surface area (Å²) >= 11 is 3.33. The van der Waals surface area contributed by atoms with E-state index in [2.05, 4.69) is 31.8 Å². The number of nitrogens with one attached hydrogen (secondary N) is 2. The zero-order chi connectivity index (χ0) is 18.2. The lowest BCUT2D eigenvalue weighted by molar-refractivity contribution is -0.126. The van der Waals surface area contributed by atoms with Crippen LogP contribution in [0.5, 0.6) is 5.75 Å². The van der Waals surface area contributed by atoms with Gasteiger partial charge in [0, 0.05) is 4.47 Å². The number of hydrogen-bond donors (Lipinski definition) is 2. The van der Waals surface area contributed by atoms with Crippen molar-refractivity contribution < 1.29 is 14.3 Å². The van der Waals surface area contributed by atoms with Gasteiger partial charge in [-0.2, -0.15) is 5.10 Å². The molecule has 0 aliphatic carbocycles. The molecule has 2 aromatic carbocycles. The molecule has 6 nitrogen and oxygen atoms in total. The predicted molar refractivity (Wildman–Crippen MR) is 101 cm³/mol. The molecule has 0 heterocycles. The quantitative estimate of drug-likeness (QED) is 0.441. The van der Waals surface area contributed by atoms with Gasteiger partial charge in [0.2, 0.25) is 11.8 Å². The smallest absolute Gasteiger partial charge is 0.249 e. The van der Waals surface area contributed by atoms with Crippen molar-refractivity contribution in [1.82, 2.24) is 5.43 Å². The Bertz CT molecular complexity index is 806. The molecule has 2 aromatic rings. The molecule has 0 aromatic heterocycles. The van der Waals surface area contributed by atoms with Crippen LogP contribution in [0.15, 0.2) is 52.0 Å². The minimum atomic E-state index is -0.500. The van der Waals surface area contributed by atoms with Crippen molar-refractivity contribution in [2.45, 2.75) is 13.3 Å². The summed E-state index contributed by atoms with van der Waals surface area (Å²) in [5.74, 6) is -0.181. The predicted octanol–water partition coefficient (Wildman–Crippen LogP) is 3.25. The maximum Gasteiger partial charge on any atom is 0.249 e. The van der Waals surface area contributed by atoms with Crippen molar-refractivity contribution in [3.05, 3.63) is 58.1 Å². The van der Waals surface area contributed by atoms with Gasteiger partial charge in [0.1, 0.15) is 12.2 Å². The van der Waals surface area contributed by atoms with Gasteiger partial charge in [0.25, 0.3) is 0 Å². The van der Waals surface area contributed by atoms with E-state index in [1.807, 2.05) is 31.2 Å². The van der Waals surface area contributed by atoms with E-state index in [0.29, 0.717) is 5.69 Å². The Balaban J connectivity index is 1.86. The number of benzene rings is 2. The molecule has 0 aliphatic rings. The average Bonchev–Trinajstić information content (AvgIpc) is 2.58. The van der Waals surface area contributed by atoms with Crippen molar-refractivity contribution in [3.63, 3.8) is 0 Å². The first-order valence-corrected chi connectivity index (χ1v) is 8.30. The maximum atomic E-state index is 11.9. The van der Waals surface area contributed by atoms with Crippen LogP contribution in [0.4, 0.5) is 5.69 Å². The van der Waals surface area contributed by atoms with Gasteiger partial charge in [-0.25, -0.2) is 5.43 Å². The summed E-state index contributed by atoms with van der Waals surface area (Å²) in [6.07, 6.45) is 1.17. The van der Waals surface area contributed by atoms with Crippen LogP contribution in [0.3, 0.4) is 0 Å². The summed E-state index contributed by atoms with van der Waals surface area (Å²) in [4.78, 5) is 23.6. The van der Waals surface area contributed by atoms with Gasteiger partial charge in [0.15, 0.2) is 0 Å². The first kappa shape index (κ1) is 18.7. The number of nitrogens with zero attached hydrogens (tertiary/aromatic N) is 1. The maximum absolute atomic E-state index is 11.9. The molecule has 2 rings (SSSR count). The van der Waals surface area contributed by atoms with Crippen LogP contribution in [-0.4, -0.2) is 25.1 Å². The van der Waals surface area contributed by atoms with Gasteiger partial charge < -0.3 is 10.1 Å². The van der Waals surface area contributed by atoms with Crippen LogP contribution in [0.2, 0.25) is 0 Å². The molecule has 0 spiro atoms. The number of aryl methyl sites for hydroxylation is 1. The molecule has 2 N–H and O–H groups in total. The molecule has 25 heavy (non-hydrogen) atoms. The first-order chi connectivity index (χ1) is 12.0. The molecule has 0 radical (unpaired) electrons. The van der Waals surface area contributed by atoms with Gasteiger partial charge in [0.05, 0.1) is 19.0 Å². The molecule has 0 unspecified atom stereocenters. The van der Waals surface area contributed by atoms with E-state index in [1.165, 1.54) is 6.21 Å². The topological polar surface area (TPSA) is 79.8 Å². The van der Waals surface area contributed by atoms with Crippen molar-refractivity contribution in [2.75, 3.05) is 12.4 Å². The number of carbonyl (C=O) groups is 2. The van der Waals surface area contributed by atoms with E-state index in [9.17, 15) is 9.59 Å². The third-order valence-corrected chi connectivity index (χ3v) is 4.00. The van der Waals surface area contributed by atoms with Gasteiger partial charge >= 0.3 is 0 Å². The number of hydrazone groups is 1. The Hall–Kier alpha value is -2.67. The fourth-order valence-electron chi connectivity index (χ4n) is 2.04. The van der Waals surface area contributed by atoms with Gasteiger partial charge in [-0.15, -0.1) is 0 Å². The normalized spacial score (nSPS) is 10.5. The van der Waals surface area contributed by atoms with E-state index >= 15 is 0 Å². The van der Waals surface area contributed by atoms with E-state index in [4.69, 9.17) is 4.74 Å². The summed E-state index contributed by atoms with van der Waals surface area (Å²) in [5, 5.41) is 6.51. The van der Waals surface area contributed by atoms with Crippen LogP contribution < -0.4 is 15.5 Å². The summed E-state index contributed by atoms with van der Waals surface area (Å²) in [6.45, 7) is 1.94. The van der Waals surface area contributed by atoms with Gasteiger partial charge in [-0.3, -0.25) is 9.59 Å². The average molecular weight is 404 g/mol. The van der Waals surface area contributed by atoms with E-state index in [-0.39, 0.29) is 6.42 Å². The van der Waals surface area contributed by atoms with Crippen LogP contribution in [0.25, 0.3) is 0 Å². The molecule has 0 bridgehead atoms. The zero-order valence-electron chi connectivity index (χ0n) is 13.9. The van der Waals surface area contributed by atoms with E-state index in [0.717, 1.165) is 21.3 Å². The van der Waals surface area contributed by atoms with Crippen molar-refractivity contribution >= 4 is 39.6 Å². The molecule has 0 aliphatic heterocycles. The Morgan fingerprint density at radius 3 is 2.68 bits per heavy atom. The first-order valence-electron chi connectivity index (χ1n) is 7.50. The van der Waals surface area contributed by atoms with Crippen LogP contribution in [0, 0.1) is 6.92 Å². The molecule has 130 valence electrons. The number of rotatable bonds is 6. The number of amides is 2. The molecule has 2 amide bonds. The fourth-order valence-corrected chi connectivity index (χ4v) is 2.42. The number of hydrogen-bond acceptors (Lipinski definition) is 4. The highest BCUT2D eigenvalue weighted by Gasteiger charge is 2.10. The fraction of sp³-hybridized carbons (Fsp3) is 0.167. The highest BCUT2D eigenvalue weighted by Crippen LogP contribution is 2.21. The molecule has 0 saturated heterocycles. The number of ether oxygens (including phenoxy) is 1. The van der Waals surface area contributed by atoms with Crippen LogP contribution in [0.1, 0.15) is 17.5 Å². The van der Waals surface area contributed by atoms with Gasteiger partial charge in [-0.1, -0.05) is 24.3 Å². The minimum absolute atomic E-state index is 0.324. The van der Waals surface area contributed by atoms with E-state index < -0.39 is 11.8 Å². The van der Waals surface area contributed by atoms with Crippen molar-refractivity contribution in [1.29, 1.82) is 0 Å². The second-order valence-corrected chi connectivity index (χ2v) is 6.08. The van der Waals surface area contributed by atoms with Crippen molar-refractivity contribution in [3.8, 4) is 5.75 Å². The summed E-state index contributed by atoms with van der Waals surface area (Å²) < 4.78 is 5.97. The summed E-state index contributed by atoms with van der Waals surface area (Å²) in [7, 11) is 1.59. The summed E-state index contributed by atoms with van der Waals surface area (Å²) in [6, 6.07) is 12.7. The molecule has 7 heteroatoms. The standard InChI is InChI=1S/C18H18BrN3O3/c1-12-7-8-13(9-16(12)25-2)11-20-22-18(24)10-17(23)21-15-6-4-3-5-14(15)19/h3-9,11H,10H2,1-2H3,(H,21,23)(H,22,24). The molecular weight excluding hydrogens is 386 g/mol. The number of carbonyl (C=O) groups excluding carboxylic acids is 2. The monoisotopic (exact) mass is 403 g/mol. The lowest BCUT2D eigenvalue weighted by Crippen LogP contribution is -2.24. The molecular formula is C18H18BrN3O3. The summed E-state index contributed by atoms with van der Waals surface area (Å²) in [5.41, 5.74) is 4.72. The highest BCUT2D eigenvalue weighted by molar-refractivity contribution is 9.10. The third-order valence-electron chi connectivity index (χ3n) is 3.30. The Morgan fingerprint density at radius 2 is 1.96 bits per heavy atom. The molecule has 0 atom stereocenters. The Morgan fingerprint density at radius 1 is 1.20 bits per heavy atom. The zero-order valence-corrected chi connectivity index (χ0v) is 15.5. The minimum Gasteiger partial charge on any atom is -0.496 e. The second-order valence-electron chi connectivity index (χ2n) is 5.23. The van der Waals surface area contributed by atoms with Crippen LogP contribution in [-0.2, 0) is 9.59 Å². The van der Waals surface area contributed by atoms with Crippen LogP contribution >= 0.6 is 15.9 Å². The number of halogens is 1. The van der Waals surface area contributed by atoms with Crippen molar-refractivity contribution in [2.24, 2.45) is 5.10 Å². The number of para-hydroxylation sites is 1. The second kappa shape index (κ2) is 8.98. The lowest BCUT2D eigenvalue weighted by atomic mass is 10.1. The SMILES string of the molecule is COc1cc(C=NNC(=O)CC(=O)Nc2ccccc2Br)ccc1C. The number of methoxy groups -OCH3 is 1. The lowest BCUT2D eigenvalue weighted by Gasteiger charge is -2.06. The third kappa shape index (κ3) is 5.72. The van der Waals surface area contributed by atoms with E-state index in [1.54, 1.807) is 25.3 Å². The Labute approximate surface area is 154 Å². The Kier molecular flexibility index (Phi) is 6.71.